The molecule has 0 aliphatic heterocycles. The van der Waals surface area contributed by atoms with Gasteiger partial charge in [-0.1, -0.05) is 0 Å². The van der Waals surface area contributed by atoms with Gasteiger partial charge in [0, 0.05) is 32.9 Å². The first-order chi connectivity index (χ1) is 11.5. The van der Waals surface area contributed by atoms with E-state index in [-0.39, 0.29) is 18.4 Å². The van der Waals surface area contributed by atoms with Crippen LogP contribution in [-0.2, 0) is 19.1 Å². The van der Waals surface area contributed by atoms with Crippen molar-refractivity contribution in [1.82, 2.24) is 5.32 Å². The molecule has 0 aliphatic carbocycles. The fraction of sp³-hybridized carbons (Fsp3) is 0.471. The number of methoxy groups -OCH3 is 1. The molecule has 7 nitrogen and oxygen atoms in total. The Kier molecular flexibility index (Phi) is 8.49. The molecule has 1 N–H and O–H groups in total. The number of carbonyl (C=O) groups excluding carboxylic acids is 3. The molecule has 0 bridgehead atoms. The molecule has 0 fully saturated rings. The normalized spacial score (nSPS) is 10.1. The lowest BCUT2D eigenvalue weighted by atomic mass is 10.2. The molecule has 0 saturated carbocycles. The van der Waals surface area contributed by atoms with Crippen LogP contribution in [0.1, 0.15) is 30.6 Å². The number of ether oxygens (including phenoxy) is 2. The molecule has 0 aromatic heterocycles. The zero-order valence-electron chi connectivity index (χ0n) is 14.3. The van der Waals surface area contributed by atoms with E-state index in [1.54, 1.807) is 38.3 Å². The van der Waals surface area contributed by atoms with Crippen molar-refractivity contribution in [1.29, 1.82) is 0 Å². The van der Waals surface area contributed by atoms with Crippen LogP contribution in [0.4, 0.5) is 5.69 Å². The maximum atomic E-state index is 11.9. The number of esters is 1. The lowest BCUT2D eigenvalue weighted by molar-refractivity contribution is -0.123. The van der Waals surface area contributed by atoms with Gasteiger partial charge in [0.2, 0.25) is 11.8 Å². The van der Waals surface area contributed by atoms with E-state index < -0.39 is 5.97 Å². The minimum atomic E-state index is -0.422. The highest BCUT2D eigenvalue weighted by molar-refractivity contribution is 5.98. The Bertz CT molecular complexity index is 557. The van der Waals surface area contributed by atoms with E-state index in [1.807, 2.05) is 0 Å². The average Bonchev–Trinajstić information content (AvgIpc) is 2.57. The number of nitrogens with zero attached hydrogens (tertiary/aromatic N) is 1. The van der Waals surface area contributed by atoms with Crippen molar-refractivity contribution in [2.45, 2.75) is 20.3 Å². The van der Waals surface area contributed by atoms with Crippen LogP contribution in [-0.4, -0.2) is 51.2 Å². The Labute approximate surface area is 141 Å². The minimum absolute atomic E-state index is 0.0823. The van der Waals surface area contributed by atoms with Gasteiger partial charge in [0.05, 0.1) is 12.2 Å². The van der Waals surface area contributed by atoms with Gasteiger partial charge in [0.25, 0.3) is 0 Å². The average molecular weight is 336 g/mol. The summed E-state index contributed by atoms with van der Waals surface area (Å²) in [7, 11) is 1.60. The van der Waals surface area contributed by atoms with Crippen LogP contribution in [0.2, 0.25) is 0 Å². The van der Waals surface area contributed by atoms with Gasteiger partial charge >= 0.3 is 5.97 Å². The van der Waals surface area contributed by atoms with Crippen LogP contribution in [0, 0.1) is 0 Å². The summed E-state index contributed by atoms with van der Waals surface area (Å²) in [6.07, 6.45) is 0.705. The van der Waals surface area contributed by atoms with E-state index in [0.717, 1.165) is 0 Å². The lowest BCUT2D eigenvalue weighted by Gasteiger charge is -2.21. The number of benzene rings is 1. The number of rotatable bonds is 9. The molecule has 1 aromatic rings. The minimum Gasteiger partial charge on any atom is -0.462 e. The van der Waals surface area contributed by atoms with Crippen LogP contribution in [0.15, 0.2) is 24.3 Å². The Morgan fingerprint density at radius 1 is 1.17 bits per heavy atom. The lowest BCUT2D eigenvalue weighted by Crippen LogP contribution is -2.40. The summed E-state index contributed by atoms with van der Waals surface area (Å²) in [6, 6.07) is 6.37. The third-order valence-corrected chi connectivity index (χ3v) is 3.22. The molecular weight excluding hydrogens is 312 g/mol. The molecule has 0 spiro atoms. The molecule has 0 heterocycles. The molecule has 24 heavy (non-hydrogen) atoms. The van der Waals surface area contributed by atoms with Crippen molar-refractivity contribution in [2.24, 2.45) is 0 Å². The quantitative estimate of drug-likeness (QED) is 0.544. The Balaban J connectivity index is 2.69. The van der Waals surface area contributed by atoms with Crippen LogP contribution >= 0.6 is 0 Å². The summed E-state index contributed by atoms with van der Waals surface area (Å²) in [4.78, 5) is 36.7. The van der Waals surface area contributed by atoms with Crippen LogP contribution in [0.3, 0.4) is 0 Å². The van der Waals surface area contributed by atoms with E-state index in [4.69, 9.17) is 9.47 Å². The van der Waals surface area contributed by atoms with Crippen LogP contribution in [0.25, 0.3) is 0 Å². The van der Waals surface area contributed by atoms with Gasteiger partial charge in [-0.25, -0.2) is 4.79 Å². The summed E-state index contributed by atoms with van der Waals surface area (Å²) >= 11 is 0. The first kappa shape index (κ1) is 19.6. The number of hydrogen-bond acceptors (Lipinski definition) is 5. The highest BCUT2D eigenvalue weighted by Crippen LogP contribution is 2.16. The molecule has 0 atom stereocenters. The highest BCUT2D eigenvalue weighted by Gasteiger charge is 2.16. The third-order valence-electron chi connectivity index (χ3n) is 3.22. The monoisotopic (exact) mass is 336 g/mol. The number of hydrogen-bond donors (Lipinski definition) is 1. The second kappa shape index (κ2) is 10.4. The molecule has 0 saturated heterocycles. The maximum Gasteiger partial charge on any atom is 0.338 e. The van der Waals surface area contributed by atoms with E-state index in [2.05, 4.69) is 5.32 Å². The van der Waals surface area contributed by atoms with Gasteiger partial charge in [-0.2, -0.15) is 0 Å². The van der Waals surface area contributed by atoms with Gasteiger partial charge < -0.3 is 19.7 Å². The van der Waals surface area contributed by atoms with Gasteiger partial charge in [0.15, 0.2) is 0 Å². The highest BCUT2D eigenvalue weighted by atomic mass is 16.5. The SMILES string of the molecule is CCOC(=O)c1ccc(N(CC(=O)NCCCOC)C(C)=O)cc1. The molecular formula is C17H24N2O5. The second-order valence-electron chi connectivity index (χ2n) is 5.07. The molecule has 0 unspecified atom stereocenters. The molecule has 2 amide bonds. The number of nitrogens with one attached hydrogen (secondary N) is 1. The van der Waals surface area contributed by atoms with Crippen molar-refractivity contribution >= 4 is 23.5 Å². The molecule has 0 radical (unpaired) electrons. The van der Waals surface area contributed by atoms with Gasteiger partial charge in [-0.3, -0.25) is 9.59 Å². The fourth-order valence-corrected chi connectivity index (χ4v) is 2.02. The standard InChI is InChI=1S/C17H24N2O5/c1-4-24-17(22)14-6-8-15(9-7-14)19(13(2)20)12-16(21)18-10-5-11-23-3/h6-9H,4-5,10-12H2,1-3H3,(H,18,21). The van der Waals surface area contributed by atoms with Crippen molar-refractivity contribution in [3.63, 3.8) is 0 Å². The summed E-state index contributed by atoms with van der Waals surface area (Å²) in [5.74, 6) is -0.934. The second-order valence-corrected chi connectivity index (χ2v) is 5.07. The Hall–Kier alpha value is -2.41. The smallest absolute Gasteiger partial charge is 0.338 e. The molecule has 132 valence electrons. The van der Waals surface area contributed by atoms with E-state index in [0.29, 0.717) is 37.4 Å². The zero-order chi connectivity index (χ0) is 17.9. The number of anilines is 1. The zero-order valence-corrected chi connectivity index (χ0v) is 14.3. The van der Waals surface area contributed by atoms with Crippen molar-refractivity contribution in [3.05, 3.63) is 29.8 Å². The summed E-state index contributed by atoms with van der Waals surface area (Å²) in [5, 5.41) is 2.73. The number of amides is 2. The van der Waals surface area contributed by atoms with E-state index in [9.17, 15) is 14.4 Å². The number of carbonyl (C=O) groups is 3. The topological polar surface area (TPSA) is 84.9 Å². The van der Waals surface area contributed by atoms with Gasteiger partial charge in [-0.05, 0) is 37.6 Å². The van der Waals surface area contributed by atoms with Gasteiger partial charge in [0.1, 0.15) is 6.54 Å². The summed E-state index contributed by atoms with van der Waals surface area (Å²) in [5.41, 5.74) is 0.940. The van der Waals surface area contributed by atoms with E-state index in [1.165, 1.54) is 11.8 Å². The Morgan fingerprint density at radius 3 is 2.38 bits per heavy atom. The van der Waals surface area contributed by atoms with Gasteiger partial charge in [-0.15, -0.1) is 0 Å². The van der Waals surface area contributed by atoms with E-state index >= 15 is 0 Å². The predicted octanol–water partition coefficient (Wildman–Crippen LogP) is 1.37. The fourth-order valence-electron chi connectivity index (χ4n) is 2.02. The summed E-state index contributed by atoms with van der Waals surface area (Å²) < 4.78 is 9.82. The molecule has 7 heteroatoms. The molecule has 1 aromatic carbocycles. The largest absolute Gasteiger partial charge is 0.462 e. The van der Waals surface area contributed by atoms with Crippen molar-refractivity contribution in [2.75, 3.05) is 38.3 Å². The van der Waals surface area contributed by atoms with Crippen LogP contribution < -0.4 is 10.2 Å². The van der Waals surface area contributed by atoms with Crippen molar-refractivity contribution < 1.29 is 23.9 Å². The molecule has 1 rings (SSSR count). The molecule has 0 aliphatic rings. The van der Waals surface area contributed by atoms with Crippen molar-refractivity contribution in [3.8, 4) is 0 Å². The third kappa shape index (κ3) is 6.37. The maximum absolute atomic E-state index is 11.9. The first-order valence-corrected chi connectivity index (χ1v) is 7.80. The first-order valence-electron chi connectivity index (χ1n) is 7.80. The predicted molar refractivity (Wildman–Crippen MR) is 89.9 cm³/mol. The summed E-state index contributed by atoms with van der Waals surface area (Å²) in [6.45, 7) is 4.38. The Morgan fingerprint density at radius 2 is 1.83 bits per heavy atom. The van der Waals surface area contributed by atoms with Crippen LogP contribution in [0.5, 0.6) is 0 Å².